The Morgan fingerprint density at radius 2 is 1.72 bits per heavy atom. The van der Waals surface area contributed by atoms with Gasteiger partial charge < -0.3 is 14.8 Å². The number of carbonyl (C=O) groups is 1. The van der Waals surface area contributed by atoms with Gasteiger partial charge in [-0.05, 0) is 35.6 Å². The second-order valence-electron chi connectivity index (χ2n) is 7.13. The van der Waals surface area contributed by atoms with Gasteiger partial charge in [-0.3, -0.25) is 4.79 Å². The molecule has 0 aromatic heterocycles. The van der Waals surface area contributed by atoms with Gasteiger partial charge in [-0.2, -0.15) is 0 Å². The van der Waals surface area contributed by atoms with Crippen LogP contribution in [0.25, 0.3) is 0 Å². The molecule has 1 N–H and O–H groups in total. The Kier molecular flexibility index (Phi) is 6.07. The highest BCUT2D eigenvalue weighted by molar-refractivity contribution is 5.78. The molecule has 0 aliphatic heterocycles. The number of hydrogen-bond donors (Lipinski definition) is 1. The van der Waals surface area contributed by atoms with E-state index in [2.05, 4.69) is 50.4 Å². The summed E-state index contributed by atoms with van der Waals surface area (Å²) in [5.41, 5.74) is 2.47. The number of hydrogen-bond acceptors (Lipinski definition) is 3. The van der Waals surface area contributed by atoms with Crippen LogP contribution in [0.15, 0.2) is 48.5 Å². The lowest BCUT2D eigenvalue weighted by Gasteiger charge is -2.20. The van der Waals surface area contributed by atoms with Crippen molar-refractivity contribution < 1.29 is 14.3 Å². The first kappa shape index (κ1) is 18.8. The summed E-state index contributed by atoms with van der Waals surface area (Å²) in [6, 6.07) is 15.5. The van der Waals surface area contributed by atoms with Gasteiger partial charge in [0.2, 0.25) is 0 Å². The van der Waals surface area contributed by atoms with Gasteiger partial charge in [0, 0.05) is 6.07 Å². The van der Waals surface area contributed by atoms with E-state index in [1.165, 1.54) is 5.56 Å². The third kappa shape index (κ3) is 5.52. The molecule has 1 amide bonds. The predicted molar refractivity (Wildman–Crippen MR) is 100 cm³/mol. The summed E-state index contributed by atoms with van der Waals surface area (Å²) < 4.78 is 10.7. The molecule has 0 aliphatic carbocycles. The molecule has 1 unspecified atom stereocenters. The molecular formula is C21H27NO3. The highest BCUT2D eigenvalue weighted by Crippen LogP contribution is 2.24. The molecule has 4 heteroatoms. The van der Waals surface area contributed by atoms with E-state index in [9.17, 15) is 4.79 Å². The topological polar surface area (TPSA) is 47.6 Å². The largest absolute Gasteiger partial charge is 0.497 e. The second kappa shape index (κ2) is 8.06. The molecule has 1 atom stereocenters. The van der Waals surface area contributed by atoms with Gasteiger partial charge >= 0.3 is 0 Å². The van der Waals surface area contributed by atoms with Crippen LogP contribution in [0.2, 0.25) is 0 Å². The third-order valence-corrected chi connectivity index (χ3v) is 4.07. The summed E-state index contributed by atoms with van der Waals surface area (Å²) in [6.07, 6.45) is 0. The fourth-order valence-corrected chi connectivity index (χ4v) is 2.48. The molecule has 0 bridgehead atoms. The zero-order valence-corrected chi connectivity index (χ0v) is 15.6. The molecule has 0 saturated carbocycles. The van der Waals surface area contributed by atoms with Crippen LogP contribution in [0.5, 0.6) is 11.5 Å². The summed E-state index contributed by atoms with van der Waals surface area (Å²) >= 11 is 0. The van der Waals surface area contributed by atoms with Gasteiger partial charge in [0.25, 0.3) is 5.91 Å². The number of benzene rings is 2. The SMILES string of the molecule is COc1cccc(OCC(=O)NC(C)c2ccc(C(C)(C)C)cc2)c1. The van der Waals surface area contributed by atoms with Crippen molar-refractivity contribution >= 4 is 5.91 Å². The number of methoxy groups -OCH3 is 1. The second-order valence-corrected chi connectivity index (χ2v) is 7.13. The maximum Gasteiger partial charge on any atom is 0.258 e. The van der Waals surface area contributed by atoms with Crippen molar-refractivity contribution in [2.75, 3.05) is 13.7 Å². The van der Waals surface area contributed by atoms with E-state index in [0.717, 1.165) is 5.56 Å². The Bertz CT molecular complexity index is 702. The molecule has 0 heterocycles. The van der Waals surface area contributed by atoms with Crippen LogP contribution in [0, 0.1) is 0 Å². The first-order valence-electron chi connectivity index (χ1n) is 8.46. The summed E-state index contributed by atoms with van der Waals surface area (Å²) in [6.45, 7) is 8.49. The quantitative estimate of drug-likeness (QED) is 0.854. The lowest BCUT2D eigenvalue weighted by Crippen LogP contribution is -2.31. The van der Waals surface area contributed by atoms with E-state index < -0.39 is 0 Å². The Morgan fingerprint density at radius 3 is 2.32 bits per heavy atom. The van der Waals surface area contributed by atoms with Crippen molar-refractivity contribution in [3.8, 4) is 11.5 Å². The van der Waals surface area contributed by atoms with E-state index in [1.54, 1.807) is 19.2 Å². The fraction of sp³-hybridized carbons (Fsp3) is 0.381. The van der Waals surface area contributed by atoms with Gasteiger partial charge in [0.05, 0.1) is 13.2 Å². The van der Waals surface area contributed by atoms with Crippen molar-refractivity contribution in [3.05, 3.63) is 59.7 Å². The number of carbonyl (C=O) groups excluding carboxylic acids is 1. The van der Waals surface area contributed by atoms with Crippen LogP contribution in [-0.4, -0.2) is 19.6 Å². The van der Waals surface area contributed by atoms with Gasteiger partial charge in [-0.15, -0.1) is 0 Å². The number of amides is 1. The third-order valence-electron chi connectivity index (χ3n) is 4.07. The molecule has 0 radical (unpaired) electrons. The van der Waals surface area contributed by atoms with Crippen LogP contribution >= 0.6 is 0 Å². The lowest BCUT2D eigenvalue weighted by molar-refractivity contribution is -0.123. The average molecular weight is 341 g/mol. The minimum absolute atomic E-state index is 0.0302. The first-order valence-corrected chi connectivity index (χ1v) is 8.46. The minimum Gasteiger partial charge on any atom is -0.497 e. The first-order chi connectivity index (χ1) is 11.8. The van der Waals surface area contributed by atoms with Crippen molar-refractivity contribution in [2.24, 2.45) is 0 Å². The Morgan fingerprint density at radius 1 is 1.08 bits per heavy atom. The van der Waals surface area contributed by atoms with Crippen molar-refractivity contribution in [1.82, 2.24) is 5.32 Å². The minimum atomic E-state index is -0.157. The monoisotopic (exact) mass is 341 g/mol. The van der Waals surface area contributed by atoms with Gasteiger partial charge in [0.1, 0.15) is 11.5 Å². The van der Waals surface area contributed by atoms with E-state index in [0.29, 0.717) is 11.5 Å². The molecule has 4 nitrogen and oxygen atoms in total. The van der Waals surface area contributed by atoms with Crippen LogP contribution in [0.1, 0.15) is 44.9 Å². The Balaban J connectivity index is 1.89. The lowest BCUT2D eigenvalue weighted by atomic mass is 9.86. The Labute approximate surface area is 150 Å². The Hall–Kier alpha value is -2.49. The molecule has 0 saturated heterocycles. The highest BCUT2D eigenvalue weighted by atomic mass is 16.5. The summed E-state index contributed by atoms with van der Waals surface area (Å²) in [5, 5.41) is 2.96. The molecule has 2 aromatic rings. The number of nitrogens with one attached hydrogen (secondary N) is 1. The standard InChI is InChI=1S/C21H27NO3/c1-15(16-9-11-17(12-10-16)21(2,3)4)22-20(23)14-25-19-8-6-7-18(13-19)24-5/h6-13,15H,14H2,1-5H3,(H,22,23). The normalized spacial score (nSPS) is 12.4. The van der Waals surface area contributed by atoms with E-state index in [-0.39, 0.29) is 24.0 Å². The van der Waals surface area contributed by atoms with Crippen LogP contribution in [0.3, 0.4) is 0 Å². The molecule has 2 rings (SSSR count). The number of ether oxygens (including phenoxy) is 2. The summed E-state index contributed by atoms with van der Waals surface area (Å²) in [5.74, 6) is 1.15. The van der Waals surface area contributed by atoms with Gasteiger partial charge in [0.15, 0.2) is 6.61 Å². The van der Waals surface area contributed by atoms with Crippen molar-refractivity contribution in [3.63, 3.8) is 0 Å². The van der Waals surface area contributed by atoms with Crippen LogP contribution in [-0.2, 0) is 10.2 Å². The van der Waals surface area contributed by atoms with Crippen molar-refractivity contribution in [1.29, 1.82) is 0 Å². The zero-order valence-electron chi connectivity index (χ0n) is 15.6. The molecule has 134 valence electrons. The van der Waals surface area contributed by atoms with Crippen LogP contribution < -0.4 is 14.8 Å². The predicted octanol–water partition coefficient (Wildman–Crippen LogP) is 4.25. The van der Waals surface area contributed by atoms with Gasteiger partial charge in [-0.1, -0.05) is 51.1 Å². The van der Waals surface area contributed by atoms with E-state index >= 15 is 0 Å². The molecule has 0 fully saturated rings. The highest BCUT2D eigenvalue weighted by Gasteiger charge is 2.15. The molecular weight excluding hydrogens is 314 g/mol. The zero-order chi connectivity index (χ0) is 18.4. The molecule has 0 aliphatic rings. The van der Waals surface area contributed by atoms with Crippen molar-refractivity contribution in [2.45, 2.75) is 39.2 Å². The van der Waals surface area contributed by atoms with E-state index in [4.69, 9.17) is 9.47 Å². The summed E-state index contributed by atoms with van der Waals surface area (Å²) in [7, 11) is 1.60. The van der Waals surface area contributed by atoms with Gasteiger partial charge in [-0.25, -0.2) is 0 Å². The maximum absolute atomic E-state index is 12.1. The number of rotatable bonds is 6. The van der Waals surface area contributed by atoms with E-state index in [1.807, 2.05) is 19.1 Å². The molecule has 2 aromatic carbocycles. The smallest absolute Gasteiger partial charge is 0.258 e. The average Bonchev–Trinajstić information content (AvgIpc) is 2.59. The fourth-order valence-electron chi connectivity index (χ4n) is 2.48. The maximum atomic E-state index is 12.1. The van der Waals surface area contributed by atoms with Crippen LogP contribution in [0.4, 0.5) is 0 Å². The molecule has 25 heavy (non-hydrogen) atoms. The molecule has 0 spiro atoms. The summed E-state index contributed by atoms with van der Waals surface area (Å²) in [4.78, 5) is 12.1.